The molecule has 2 rings (SSSR count). The number of hydrogen-bond acceptors (Lipinski definition) is 3. The first-order chi connectivity index (χ1) is 9.65. The summed E-state index contributed by atoms with van der Waals surface area (Å²) in [4.78, 5) is 16.0. The number of carbonyl (C=O) groups excluding carboxylic acids is 1. The van der Waals surface area contributed by atoms with Crippen LogP contribution in [0.1, 0.15) is 52.4 Å². The lowest BCUT2D eigenvalue weighted by Crippen LogP contribution is -2.12. The molecule has 0 aromatic carbocycles. The van der Waals surface area contributed by atoms with Crippen LogP contribution >= 0.6 is 11.8 Å². The van der Waals surface area contributed by atoms with Gasteiger partial charge in [0, 0.05) is 12.0 Å². The molecule has 1 heterocycles. The monoisotopic (exact) mass is 291 g/mol. The van der Waals surface area contributed by atoms with Crippen LogP contribution in [-0.4, -0.2) is 23.1 Å². The van der Waals surface area contributed by atoms with Crippen molar-refractivity contribution in [2.24, 2.45) is 10.9 Å². The van der Waals surface area contributed by atoms with E-state index in [0.717, 1.165) is 18.6 Å². The Morgan fingerprint density at radius 3 is 2.90 bits per heavy atom. The number of thioether (sulfide) groups is 1. The van der Waals surface area contributed by atoms with Gasteiger partial charge in [0.1, 0.15) is 6.04 Å². The van der Waals surface area contributed by atoms with Crippen LogP contribution in [0.15, 0.2) is 28.3 Å². The Hall–Kier alpha value is -0.830. The maximum Gasteiger partial charge on any atom is 0.213 e. The first-order valence-electron chi connectivity index (χ1n) is 7.66. The molecule has 0 amide bonds. The number of hydrogen-bond donors (Lipinski definition) is 0. The SMILES string of the molecule is CC(C)=CCCC1=CCC(C=NC2CCSC2=O)CC1. The first kappa shape index (κ1) is 15.6. The van der Waals surface area contributed by atoms with E-state index < -0.39 is 0 Å². The predicted molar refractivity (Wildman–Crippen MR) is 88.5 cm³/mol. The molecule has 2 unspecified atom stereocenters. The molecule has 0 aromatic rings. The van der Waals surface area contributed by atoms with Crippen molar-refractivity contribution < 1.29 is 4.79 Å². The predicted octanol–water partition coefficient (Wildman–Crippen LogP) is 4.56. The Morgan fingerprint density at radius 2 is 2.30 bits per heavy atom. The molecule has 0 spiro atoms. The minimum absolute atomic E-state index is 0.0527. The molecule has 20 heavy (non-hydrogen) atoms. The molecule has 0 radical (unpaired) electrons. The highest BCUT2D eigenvalue weighted by molar-refractivity contribution is 8.14. The van der Waals surface area contributed by atoms with E-state index in [1.165, 1.54) is 43.0 Å². The molecule has 1 saturated heterocycles. The third-order valence-electron chi connectivity index (χ3n) is 3.95. The standard InChI is InChI=1S/C17H25NOS/c1-13(2)4-3-5-14-6-8-15(9-7-14)12-18-16-10-11-20-17(16)19/h4,6,12,15-16H,3,5,7-11H2,1-2H3. The van der Waals surface area contributed by atoms with Crippen LogP contribution in [0.2, 0.25) is 0 Å². The molecule has 3 heteroatoms. The zero-order valence-corrected chi connectivity index (χ0v) is 13.4. The van der Waals surface area contributed by atoms with Crippen LogP contribution in [0.4, 0.5) is 0 Å². The van der Waals surface area contributed by atoms with Crippen LogP contribution < -0.4 is 0 Å². The van der Waals surface area contributed by atoms with Crippen LogP contribution in [0, 0.1) is 5.92 Å². The summed E-state index contributed by atoms with van der Waals surface area (Å²) in [5, 5.41) is 0.259. The van der Waals surface area contributed by atoms with Crippen LogP contribution in [-0.2, 0) is 4.79 Å². The largest absolute Gasteiger partial charge is 0.285 e. The van der Waals surface area contributed by atoms with Gasteiger partial charge < -0.3 is 0 Å². The topological polar surface area (TPSA) is 29.4 Å². The molecule has 2 nitrogen and oxygen atoms in total. The van der Waals surface area contributed by atoms with Gasteiger partial charge in [0.05, 0.1) is 0 Å². The highest BCUT2D eigenvalue weighted by atomic mass is 32.2. The van der Waals surface area contributed by atoms with E-state index in [0.29, 0.717) is 5.92 Å². The Kier molecular flexibility index (Phi) is 6.08. The summed E-state index contributed by atoms with van der Waals surface area (Å²) in [6.45, 7) is 4.31. The van der Waals surface area contributed by atoms with Gasteiger partial charge in [-0.2, -0.15) is 0 Å². The Bertz CT molecular complexity index is 432. The fourth-order valence-corrected chi connectivity index (χ4v) is 3.58. The van der Waals surface area contributed by atoms with Gasteiger partial charge in [-0.3, -0.25) is 9.79 Å². The van der Waals surface area contributed by atoms with Gasteiger partial charge in [0.15, 0.2) is 0 Å². The van der Waals surface area contributed by atoms with E-state index in [4.69, 9.17) is 0 Å². The molecule has 0 N–H and O–H groups in total. The van der Waals surface area contributed by atoms with Gasteiger partial charge >= 0.3 is 0 Å². The van der Waals surface area contributed by atoms with Crippen molar-refractivity contribution in [1.82, 2.24) is 0 Å². The average molecular weight is 291 g/mol. The molecule has 2 atom stereocenters. The fourth-order valence-electron chi connectivity index (χ4n) is 2.66. The van der Waals surface area contributed by atoms with Crippen molar-refractivity contribution in [2.45, 2.75) is 58.4 Å². The quantitative estimate of drug-likeness (QED) is 0.549. The second-order valence-electron chi connectivity index (χ2n) is 5.99. The van der Waals surface area contributed by atoms with Crippen molar-refractivity contribution in [3.8, 4) is 0 Å². The number of carbonyl (C=O) groups is 1. The van der Waals surface area contributed by atoms with Gasteiger partial charge in [-0.15, -0.1) is 0 Å². The van der Waals surface area contributed by atoms with Gasteiger partial charge in [-0.25, -0.2) is 0 Å². The molecule has 1 aliphatic carbocycles. The molecule has 2 aliphatic rings. The van der Waals surface area contributed by atoms with E-state index in [9.17, 15) is 4.79 Å². The summed E-state index contributed by atoms with van der Waals surface area (Å²) in [7, 11) is 0. The normalized spacial score (nSPS) is 26.9. The third kappa shape index (κ3) is 4.93. The Morgan fingerprint density at radius 1 is 1.45 bits per heavy atom. The molecule has 1 fully saturated rings. The summed E-state index contributed by atoms with van der Waals surface area (Å²) < 4.78 is 0. The van der Waals surface area contributed by atoms with E-state index in [-0.39, 0.29) is 11.2 Å². The summed E-state index contributed by atoms with van der Waals surface area (Å²) in [5.41, 5.74) is 3.00. The number of aliphatic imine (C=N–C) groups is 1. The maximum atomic E-state index is 11.5. The second kappa shape index (κ2) is 7.82. The van der Waals surface area contributed by atoms with E-state index in [2.05, 4.69) is 37.2 Å². The van der Waals surface area contributed by atoms with Crippen molar-refractivity contribution >= 4 is 23.1 Å². The van der Waals surface area contributed by atoms with Gasteiger partial charge in [-0.05, 0) is 58.3 Å². The highest BCUT2D eigenvalue weighted by Crippen LogP contribution is 2.27. The summed E-state index contributed by atoms with van der Waals surface area (Å²) in [6.07, 6.45) is 13.5. The number of nitrogens with zero attached hydrogens (tertiary/aromatic N) is 1. The lowest BCUT2D eigenvalue weighted by atomic mass is 9.88. The number of rotatable bonds is 5. The van der Waals surface area contributed by atoms with E-state index >= 15 is 0 Å². The van der Waals surface area contributed by atoms with Gasteiger partial charge in [-0.1, -0.05) is 35.1 Å². The van der Waals surface area contributed by atoms with Gasteiger partial charge in [0.25, 0.3) is 0 Å². The molecule has 110 valence electrons. The second-order valence-corrected chi connectivity index (χ2v) is 7.09. The molecule has 0 aromatic heterocycles. The summed E-state index contributed by atoms with van der Waals surface area (Å²) >= 11 is 1.43. The minimum atomic E-state index is -0.0527. The van der Waals surface area contributed by atoms with Crippen LogP contribution in [0.3, 0.4) is 0 Å². The first-order valence-corrected chi connectivity index (χ1v) is 8.65. The van der Waals surface area contributed by atoms with Crippen molar-refractivity contribution in [3.05, 3.63) is 23.3 Å². The Labute approximate surface area is 126 Å². The smallest absolute Gasteiger partial charge is 0.213 e. The lowest BCUT2D eigenvalue weighted by molar-refractivity contribution is -0.111. The lowest BCUT2D eigenvalue weighted by Gasteiger charge is -2.18. The fraction of sp³-hybridized carbons (Fsp3) is 0.647. The zero-order chi connectivity index (χ0) is 14.4. The van der Waals surface area contributed by atoms with Crippen LogP contribution in [0.5, 0.6) is 0 Å². The summed E-state index contributed by atoms with van der Waals surface area (Å²) in [5.74, 6) is 1.49. The molecular formula is C17H25NOS. The minimum Gasteiger partial charge on any atom is -0.285 e. The average Bonchev–Trinajstić information content (AvgIpc) is 2.83. The van der Waals surface area contributed by atoms with E-state index in [1.807, 2.05) is 0 Å². The molecule has 0 bridgehead atoms. The van der Waals surface area contributed by atoms with Gasteiger partial charge in [0.2, 0.25) is 5.12 Å². The van der Waals surface area contributed by atoms with Crippen LogP contribution in [0.25, 0.3) is 0 Å². The number of allylic oxidation sites excluding steroid dienone is 4. The Balaban J connectivity index is 1.75. The highest BCUT2D eigenvalue weighted by Gasteiger charge is 2.24. The zero-order valence-electron chi connectivity index (χ0n) is 12.6. The van der Waals surface area contributed by atoms with Crippen molar-refractivity contribution in [1.29, 1.82) is 0 Å². The van der Waals surface area contributed by atoms with Crippen molar-refractivity contribution in [2.75, 3.05) is 5.75 Å². The molecule has 1 aliphatic heterocycles. The van der Waals surface area contributed by atoms with E-state index in [1.54, 1.807) is 5.57 Å². The van der Waals surface area contributed by atoms with Crippen molar-refractivity contribution in [3.63, 3.8) is 0 Å². The third-order valence-corrected chi connectivity index (χ3v) is 4.94. The summed E-state index contributed by atoms with van der Waals surface area (Å²) in [6, 6.07) is -0.0527. The maximum absolute atomic E-state index is 11.5. The molecular weight excluding hydrogens is 266 g/mol. The molecule has 0 saturated carbocycles.